The summed E-state index contributed by atoms with van der Waals surface area (Å²) >= 11 is 0. The van der Waals surface area contributed by atoms with Crippen LogP contribution in [-0.2, 0) is 14.8 Å². The van der Waals surface area contributed by atoms with Gasteiger partial charge in [0, 0.05) is 13.0 Å². The number of ether oxygens (including phenoxy) is 1. The quantitative estimate of drug-likeness (QED) is 0.544. The number of sulfonamides is 1. The number of aromatic amines is 1. The molecular weight excluding hydrogens is 260 g/mol. The van der Waals surface area contributed by atoms with Gasteiger partial charge >= 0.3 is 5.97 Å². The Morgan fingerprint density at radius 3 is 3.00 bits per heavy atom. The maximum Gasteiger partial charge on any atom is 0.342 e. The number of rotatable bonds is 6. The van der Waals surface area contributed by atoms with E-state index in [2.05, 4.69) is 14.9 Å². The SMILES string of the molecule is CCOC(=O)c1cn[nH]c1S(=O)(=O)NCCC#N. The fourth-order valence-electron chi connectivity index (χ4n) is 1.15. The maximum atomic E-state index is 11.8. The predicted molar refractivity (Wildman–Crippen MR) is 60.0 cm³/mol. The molecule has 0 aromatic carbocycles. The Balaban J connectivity index is 2.93. The van der Waals surface area contributed by atoms with Gasteiger partial charge in [0.05, 0.1) is 18.9 Å². The number of nitriles is 1. The number of hydrogen-bond donors (Lipinski definition) is 2. The molecule has 2 N–H and O–H groups in total. The molecule has 0 aliphatic heterocycles. The van der Waals surface area contributed by atoms with Crippen LogP contribution in [0.5, 0.6) is 0 Å². The zero-order valence-corrected chi connectivity index (χ0v) is 10.5. The number of aromatic nitrogens is 2. The van der Waals surface area contributed by atoms with Gasteiger partial charge in [-0.05, 0) is 6.92 Å². The second kappa shape index (κ2) is 6.13. The number of H-pyrrole nitrogens is 1. The van der Waals surface area contributed by atoms with Crippen molar-refractivity contribution in [2.45, 2.75) is 18.4 Å². The minimum atomic E-state index is -3.90. The highest BCUT2D eigenvalue weighted by Gasteiger charge is 2.25. The molecule has 0 spiro atoms. The molecule has 1 aromatic heterocycles. The highest BCUT2D eigenvalue weighted by atomic mass is 32.2. The van der Waals surface area contributed by atoms with Crippen molar-refractivity contribution in [3.63, 3.8) is 0 Å². The summed E-state index contributed by atoms with van der Waals surface area (Å²) in [6.07, 6.45) is 1.11. The Kier molecular flexibility index (Phi) is 4.82. The van der Waals surface area contributed by atoms with Gasteiger partial charge in [-0.2, -0.15) is 10.4 Å². The first-order valence-corrected chi connectivity index (χ1v) is 6.58. The number of esters is 1. The summed E-state index contributed by atoms with van der Waals surface area (Å²) in [5.74, 6) is -0.771. The highest BCUT2D eigenvalue weighted by molar-refractivity contribution is 7.89. The third-order valence-electron chi connectivity index (χ3n) is 1.90. The Bertz CT molecular complexity index is 557. The van der Waals surface area contributed by atoms with E-state index in [0.717, 1.165) is 6.20 Å². The van der Waals surface area contributed by atoms with E-state index < -0.39 is 16.0 Å². The molecule has 0 aliphatic carbocycles. The van der Waals surface area contributed by atoms with Gasteiger partial charge in [0.15, 0.2) is 5.03 Å². The molecule has 1 rings (SSSR count). The third kappa shape index (κ3) is 3.28. The molecule has 0 aliphatic rings. The fraction of sp³-hybridized carbons (Fsp3) is 0.444. The van der Waals surface area contributed by atoms with Crippen molar-refractivity contribution in [2.75, 3.05) is 13.2 Å². The Morgan fingerprint density at radius 1 is 1.67 bits per heavy atom. The Labute approximate surface area is 104 Å². The Morgan fingerprint density at radius 2 is 2.39 bits per heavy atom. The molecule has 0 amide bonds. The molecule has 0 saturated heterocycles. The summed E-state index contributed by atoms with van der Waals surface area (Å²) in [4.78, 5) is 11.5. The standard InChI is InChI=1S/C9H12N4O4S/c1-2-17-9(14)7-6-11-13-8(7)18(15,16)12-5-3-4-10/h6,12H,2-3,5H2,1H3,(H,11,13). The van der Waals surface area contributed by atoms with Crippen LogP contribution >= 0.6 is 0 Å². The first kappa shape index (κ1) is 14.1. The van der Waals surface area contributed by atoms with E-state index in [1.807, 2.05) is 0 Å². The van der Waals surface area contributed by atoms with Gasteiger partial charge in [0.1, 0.15) is 5.56 Å². The molecule has 9 heteroatoms. The van der Waals surface area contributed by atoms with Crippen molar-refractivity contribution in [1.29, 1.82) is 5.26 Å². The zero-order valence-electron chi connectivity index (χ0n) is 9.63. The smallest absolute Gasteiger partial charge is 0.342 e. The largest absolute Gasteiger partial charge is 0.462 e. The predicted octanol–water partition coefficient (Wildman–Crippen LogP) is -0.222. The summed E-state index contributed by atoms with van der Waals surface area (Å²) in [6.45, 7) is 1.70. The van der Waals surface area contributed by atoms with E-state index in [1.165, 1.54) is 0 Å². The van der Waals surface area contributed by atoms with Crippen LogP contribution in [0.1, 0.15) is 23.7 Å². The Hall–Kier alpha value is -1.92. The van der Waals surface area contributed by atoms with E-state index in [4.69, 9.17) is 10.00 Å². The molecule has 0 atom stereocenters. The average Bonchev–Trinajstić information content (AvgIpc) is 2.79. The summed E-state index contributed by atoms with van der Waals surface area (Å²) in [5, 5.41) is 13.7. The van der Waals surface area contributed by atoms with Gasteiger partial charge in [0.2, 0.25) is 0 Å². The molecule has 18 heavy (non-hydrogen) atoms. The van der Waals surface area contributed by atoms with Gasteiger partial charge in [0.25, 0.3) is 10.0 Å². The second-order valence-corrected chi connectivity index (χ2v) is 4.84. The van der Waals surface area contributed by atoms with Crippen molar-refractivity contribution in [3.8, 4) is 6.07 Å². The molecule has 98 valence electrons. The van der Waals surface area contributed by atoms with Crippen LogP contribution in [0.15, 0.2) is 11.2 Å². The van der Waals surface area contributed by atoms with E-state index >= 15 is 0 Å². The zero-order chi connectivity index (χ0) is 13.6. The van der Waals surface area contributed by atoms with Gasteiger partial charge in [-0.25, -0.2) is 17.9 Å². The van der Waals surface area contributed by atoms with Gasteiger partial charge in [-0.1, -0.05) is 0 Å². The monoisotopic (exact) mass is 272 g/mol. The summed E-state index contributed by atoms with van der Waals surface area (Å²) in [5.41, 5.74) is -0.165. The second-order valence-electron chi connectivity index (χ2n) is 3.14. The first-order valence-electron chi connectivity index (χ1n) is 5.10. The highest BCUT2D eigenvalue weighted by Crippen LogP contribution is 2.12. The maximum absolute atomic E-state index is 11.8. The van der Waals surface area contributed by atoms with Gasteiger partial charge in [-0.15, -0.1) is 0 Å². The van der Waals surface area contributed by atoms with Crippen LogP contribution < -0.4 is 4.72 Å². The van der Waals surface area contributed by atoms with Crippen LogP contribution in [0.25, 0.3) is 0 Å². The molecule has 0 fully saturated rings. The molecule has 0 radical (unpaired) electrons. The third-order valence-corrected chi connectivity index (χ3v) is 3.33. The first-order chi connectivity index (χ1) is 8.53. The molecule has 1 aromatic rings. The molecular formula is C9H12N4O4S. The van der Waals surface area contributed by atoms with Crippen molar-refractivity contribution in [2.24, 2.45) is 0 Å². The average molecular weight is 272 g/mol. The molecule has 0 saturated carbocycles. The van der Waals surface area contributed by atoms with Crippen LogP contribution in [-0.4, -0.2) is 37.7 Å². The fourth-order valence-corrected chi connectivity index (χ4v) is 2.26. The lowest BCUT2D eigenvalue weighted by Crippen LogP contribution is -2.26. The van der Waals surface area contributed by atoms with Crippen LogP contribution in [0, 0.1) is 11.3 Å². The minimum Gasteiger partial charge on any atom is -0.462 e. The molecule has 8 nitrogen and oxygen atoms in total. The van der Waals surface area contributed by atoms with E-state index in [-0.39, 0.29) is 30.2 Å². The lowest BCUT2D eigenvalue weighted by atomic mass is 10.4. The lowest BCUT2D eigenvalue weighted by molar-refractivity contribution is 0.0522. The molecule has 1 heterocycles. The van der Waals surface area contributed by atoms with Gasteiger partial charge < -0.3 is 4.74 Å². The lowest BCUT2D eigenvalue weighted by Gasteiger charge is -2.05. The number of nitrogens with one attached hydrogen (secondary N) is 2. The summed E-state index contributed by atoms with van der Waals surface area (Å²) < 4.78 is 30.5. The number of carbonyl (C=O) groups is 1. The topological polar surface area (TPSA) is 125 Å². The van der Waals surface area contributed by atoms with E-state index in [1.54, 1.807) is 13.0 Å². The number of carbonyl (C=O) groups excluding carboxylic acids is 1. The normalized spacial score (nSPS) is 10.9. The number of nitrogens with zero attached hydrogens (tertiary/aromatic N) is 2. The number of hydrogen-bond acceptors (Lipinski definition) is 6. The van der Waals surface area contributed by atoms with Crippen molar-refractivity contribution in [1.82, 2.24) is 14.9 Å². The molecule has 0 unspecified atom stereocenters. The van der Waals surface area contributed by atoms with Crippen molar-refractivity contribution < 1.29 is 17.9 Å². The van der Waals surface area contributed by atoms with Crippen molar-refractivity contribution >= 4 is 16.0 Å². The van der Waals surface area contributed by atoms with Gasteiger partial charge in [-0.3, -0.25) is 5.10 Å². The van der Waals surface area contributed by atoms with Crippen LogP contribution in [0.4, 0.5) is 0 Å². The van der Waals surface area contributed by atoms with E-state index in [9.17, 15) is 13.2 Å². The van der Waals surface area contributed by atoms with Crippen molar-refractivity contribution in [3.05, 3.63) is 11.8 Å². The summed E-state index contributed by atoms with van der Waals surface area (Å²) in [7, 11) is -3.90. The minimum absolute atomic E-state index is 0.0299. The van der Waals surface area contributed by atoms with Crippen LogP contribution in [0.2, 0.25) is 0 Å². The van der Waals surface area contributed by atoms with Crippen LogP contribution in [0.3, 0.4) is 0 Å². The van der Waals surface area contributed by atoms with E-state index in [0.29, 0.717) is 0 Å². The summed E-state index contributed by atoms with van der Waals surface area (Å²) in [6, 6.07) is 1.80. The molecule has 0 bridgehead atoms.